The molecule has 0 saturated heterocycles. The molecular formula is C17H16N8O2. The van der Waals surface area contributed by atoms with E-state index < -0.39 is 0 Å². The first kappa shape index (κ1) is 16.8. The number of carbonyl (C=O) groups excluding carboxylic acids is 1. The van der Waals surface area contributed by atoms with Crippen molar-refractivity contribution >= 4 is 17.5 Å². The van der Waals surface area contributed by atoms with Crippen LogP contribution in [0.15, 0.2) is 48.9 Å². The van der Waals surface area contributed by atoms with Crippen LogP contribution in [-0.4, -0.2) is 47.8 Å². The van der Waals surface area contributed by atoms with Crippen LogP contribution in [0.2, 0.25) is 0 Å². The van der Waals surface area contributed by atoms with Crippen molar-refractivity contribution in [3.63, 3.8) is 0 Å². The first-order chi connectivity index (χ1) is 13.2. The summed E-state index contributed by atoms with van der Waals surface area (Å²) in [6.45, 7) is 0.502. The molecule has 0 fully saturated rings. The van der Waals surface area contributed by atoms with Crippen molar-refractivity contribution in [1.82, 2.24) is 34.8 Å². The number of rotatable bonds is 6. The smallest absolute Gasteiger partial charge is 0.249 e. The van der Waals surface area contributed by atoms with E-state index in [9.17, 15) is 4.79 Å². The molecule has 0 unspecified atom stereocenters. The van der Waals surface area contributed by atoms with Crippen molar-refractivity contribution in [2.45, 2.75) is 13.2 Å². The number of benzene rings is 1. The number of anilines is 1. The number of hydrogen-bond donors (Lipinski definition) is 1. The summed E-state index contributed by atoms with van der Waals surface area (Å²) in [6, 6.07) is 11.8. The van der Waals surface area contributed by atoms with Crippen LogP contribution >= 0.6 is 0 Å². The fourth-order valence-corrected chi connectivity index (χ4v) is 2.74. The average molecular weight is 364 g/mol. The quantitative estimate of drug-likeness (QED) is 0.546. The number of methoxy groups -OCH3 is 1. The lowest BCUT2D eigenvalue weighted by molar-refractivity contribution is -0.117. The monoisotopic (exact) mass is 364 g/mol. The maximum absolute atomic E-state index is 12.0. The fraction of sp³-hybridized carbons (Fsp3) is 0.176. The third-order valence-electron chi connectivity index (χ3n) is 3.91. The van der Waals surface area contributed by atoms with E-state index in [4.69, 9.17) is 4.74 Å². The number of tetrazole rings is 1. The minimum atomic E-state index is -0.316. The van der Waals surface area contributed by atoms with E-state index in [0.717, 1.165) is 16.7 Å². The van der Waals surface area contributed by atoms with Gasteiger partial charge in [-0.25, -0.2) is 9.20 Å². The van der Waals surface area contributed by atoms with Gasteiger partial charge in [0.2, 0.25) is 11.9 Å². The molecule has 10 heteroatoms. The number of aromatic nitrogens is 7. The number of ether oxygens (including phenoxy) is 1. The van der Waals surface area contributed by atoms with Gasteiger partial charge in [-0.2, -0.15) is 4.98 Å². The maximum Gasteiger partial charge on any atom is 0.249 e. The molecule has 0 spiro atoms. The zero-order chi connectivity index (χ0) is 18.6. The van der Waals surface area contributed by atoms with E-state index in [-0.39, 0.29) is 18.4 Å². The van der Waals surface area contributed by atoms with Gasteiger partial charge in [0.1, 0.15) is 12.9 Å². The molecule has 1 N–H and O–H groups in total. The molecule has 1 amide bonds. The molecule has 0 atom stereocenters. The van der Waals surface area contributed by atoms with Crippen LogP contribution < -0.4 is 5.32 Å². The number of carbonyl (C=O) groups is 1. The Kier molecular flexibility index (Phi) is 4.54. The Hall–Kier alpha value is -3.66. The summed E-state index contributed by atoms with van der Waals surface area (Å²) in [5.41, 5.74) is 3.74. The van der Waals surface area contributed by atoms with Crippen LogP contribution in [-0.2, 0) is 22.7 Å². The van der Waals surface area contributed by atoms with Gasteiger partial charge in [-0.3, -0.25) is 10.1 Å². The molecule has 0 aliphatic heterocycles. The highest BCUT2D eigenvalue weighted by Gasteiger charge is 2.11. The van der Waals surface area contributed by atoms with Crippen LogP contribution in [0.25, 0.3) is 16.8 Å². The minimum absolute atomic E-state index is 0.0157. The van der Waals surface area contributed by atoms with E-state index in [1.54, 1.807) is 11.6 Å². The molecule has 0 aliphatic carbocycles. The standard InChI is InChI=1S/C17H16N8O2/c1-27-10-13-4-2-3-5-14(13)12-6-7-15-19-17(21-25(15)8-12)20-16(26)9-24-11-18-22-23-24/h2-8,11H,9-10H2,1H3,(H,20,21,26). The zero-order valence-electron chi connectivity index (χ0n) is 14.5. The Morgan fingerprint density at radius 3 is 2.93 bits per heavy atom. The number of fused-ring (bicyclic) bond motifs is 1. The Labute approximate surface area is 153 Å². The molecule has 4 aromatic rings. The largest absolute Gasteiger partial charge is 0.380 e. The van der Waals surface area contributed by atoms with Gasteiger partial charge in [0.05, 0.1) is 6.61 Å². The highest BCUT2D eigenvalue weighted by molar-refractivity contribution is 5.88. The van der Waals surface area contributed by atoms with Crippen molar-refractivity contribution in [2.75, 3.05) is 12.4 Å². The molecule has 0 aliphatic rings. The van der Waals surface area contributed by atoms with Crippen LogP contribution in [0.5, 0.6) is 0 Å². The van der Waals surface area contributed by atoms with Crippen molar-refractivity contribution in [2.24, 2.45) is 0 Å². The second-order valence-electron chi connectivity index (χ2n) is 5.80. The van der Waals surface area contributed by atoms with Gasteiger partial charge in [0, 0.05) is 18.9 Å². The Morgan fingerprint density at radius 2 is 2.11 bits per heavy atom. The molecule has 0 radical (unpaired) electrons. The van der Waals surface area contributed by atoms with Gasteiger partial charge in [0.15, 0.2) is 5.65 Å². The second-order valence-corrected chi connectivity index (χ2v) is 5.80. The summed E-state index contributed by atoms with van der Waals surface area (Å²) in [7, 11) is 1.67. The summed E-state index contributed by atoms with van der Waals surface area (Å²) in [6.07, 6.45) is 3.23. The topological polar surface area (TPSA) is 112 Å². The fourth-order valence-electron chi connectivity index (χ4n) is 2.74. The van der Waals surface area contributed by atoms with Gasteiger partial charge in [-0.15, -0.1) is 10.2 Å². The van der Waals surface area contributed by atoms with E-state index >= 15 is 0 Å². The summed E-state index contributed by atoms with van der Waals surface area (Å²) in [4.78, 5) is 16.3. The molecule has 3 heterocycles. The predicted octanol–water partition coefficient (Wildman–Crippen LogP) is 1.17. The molecule has 0 bridgehead atoms. The van der Waals surface area contributed by atoms with Crippen LogP contribution in [0.1, 0.15) is 5.56 Å². The lowest BCUT2D eigenvalue weighted by Gasteiger charge is -2.08. The van der Waals surface area contributed by atoms with Crippen molar-refractivity contribution < 1.29 is 9.53 Å². The summed E-state index contributed by atoms with van der Waals surface area (Å²) in [5, 5.41) is 17.6. The van der Waals surface area contributed by atoms with E-state index in [1.807, 2.05) is 42.6 Å². The number of hydrogen-bond acceptors (Lipinski definition) is 7. The summed E-state index contributed by atoms with van der Waals surface area (Å²) >= 11 is 0. The number of nitrogens with zero attached hydrogens (tertiary/aromatic N) is 7. The van der Waals surface area contributed by atoms with E-state index in [2.05, 4.69) is 30.9 Å². The normalized spacial score (nSPS) is 11.0. The summed E-state index contributed by atoms with van der Waals surface area (Å²) < 4.78 is 8.22. The third-order valence-corrected chi connectivity index (χ3v) is 3.91. The van der Waals surface area contributed by atoms with Crippen LogP contribution in [0.3, 0.4) is 0 Å². The maximum atomic E-state index is 12.0. The molecule has 136 valence electrons. The van der Waals surface area contributed by atoms with Gasteiger partial charge in [-0.1, -0.05) is 24.3 Å². The first-order valence-electron chi connectivity index (χ1n) is 8.17. The Bertz CT molecular complexity index is 1070. The molecular weight excluding hydrogens is 348 g/mol. The molecule has 0 saturated carbocycles. The van der Waals surface area contributed by atoms with Gasteiger partial charge in [0.25, 0.3) is 0 Å². The molecule has 10 nitrogen and oxygen atoms in total. The third kappa shape index (κ3) is 3.65. The van der Waals surface area contributed by atoms with Gasteiger partial charge in [-0.05, 0) is 33.7 Å². The predicted molar refractivity (Wildman–Crippen MR) is 95.6 cm³/mol. The lowest BCUT2D eigenvalue weighted by atomic mass is 10.0. The highest BCUT2D eigenvalue weighted by atomic mass is 16.5. The lowest BCUT2D eigenvalue weighted by Crippen LogP contribution is -2.19. The summed E-state index contributed by atoms with van der Waals surface area (Å²) in [5.74, 6) is -0.0979. The molecule has 3 aromatic heterocycles. The van der Waals surface area contributed by atoms with Crippen molar-refractivity contribution in [3.8, 4) is 11.1 Å². The van der Waals surface area contributed by atoms with Gasteiger partial charge < -0.3 is 4.74 Å². The van der Waals surface area contributed by atoms with Crippen molar-refractivity contribution in [1.29, 1.82) is 0 Å². The van der Waals surface area contributed by atoms with Crippen LogP contribution in [0.4, 0.5) is 5.95 Å². The Morgan fingerprint density at radius 1 is 1.22 bits per heavy atom. The van der Waals surface area contributed by atoms with Crippen LogP contribution in [0, 0.1) is 0 Å². The van der Waals surface area contributed by atoms with Gasteiger partial charge >= 0.3 is 0 Å². The number of nitrogens with one attached hydrogen (secondary N) is 1. The molecule has 4 rings (SSSR count). The second kappa shape index (κ2) is 7.30. The van der Waals surface area contributed by atoms with E-state index in [1.165, 1.54) is 11.0 Å². The average Bonchev–Trinajstić information content (AvgIpc) is 3.30. The highest BCUT2D eigenvalue weighted by Crippen LogP contribution is 2.24. The SMILES string of the molecule is COCc1ccccc1-c1ccc2nc(NC(=O)Cn3cnnn3)nn2c1. The first-order valence-corrected chi connectivity index (χ1v) is 8.17. The minimum Gasteiger partial charge on any atom is -0.380 e. The zero-order valence-corrected chi connectivity index (χ0v) is 14.5. The number of pyridine rings is 1. The number of amides is 1. The van der Waals surface area contributed by atoms with E-state index in [0.29, 0.717) is 12.3 Å². The molecule has 27 heavy (non-hydrogen) atoms. The molecule has 1 aromatic carbocycles. The van der Waals surface area contributed by atoms with Crippen molar-refractivity contribution in [3.05, 3.63) is 54.5 Å². The Balaban J connectivity index is 1.58.